The summed E-state index contributed by atoms with van der Waals surface area (Å²) in [4.78, 5) is 47.9. The van der Waals surface area contributed by atoms with Gasteiger partial charge in [0.1, 0.15) is 12.9 Å². The zero-order valence-corrected chi connectivity index (χ0v) is 16.2. The third kappa shape index (κ3) is 4.72. The second-order valence-electron chi connectivity index (χ2n) is 6.37. The van der Waals surface area contributed by atoms with E-state index in [1.165, 1.54) is 24.3 Å². The highest BCUT2D eigenvalue weighted by Crippen LogP contribution is 2.28. The van der Waals surface area contributed by atoms with Crippen LogP contribution in [0.25, 0.3) is 0 Å². The van der Waals surface area contributed by atoms with Crippen LogP contribution in [0, 0.1) is 0 Å². The van der Waals surface area contributed by atoms with E-state index in [2.05, 4.69) is 10.6 Å². The van der Waals surface area contributed by atoms with E-state index in [1.807, 2.05) is 6.07 Å². The smallest absolute Gasteiger partial charge is 0.338 e. The van der Waals surface area contributed by atoms with Gasteiger partial charge in [-0.25, -0.2) is 14.4 Å². The Labute approximate surface area is 172 Å². The van der Waals surface area contributed by atoms with E-state index in [9.17, 15) is 19.2 Å². The second-order valence-corrected chi connectivity index (χ2v) is 6.37. The molecule has 0 saturated heterocycles. The molecule has 1 aliphatic rings. The molecule has 2 N–H and O–H groups in total. The fraction of sp³-hybridized carbons (Fsp3) is 0.182. The number of nitrogens with one attached hydrogen (secondary N) is 2. The van der Waals surface area contributed by atoms with Gasteiger partial charge in [-0.2, -0.15) is 0 Å². The van der Waals surface area contributed by atoms with Crippen molar-refractivity contribution in [1.29, 1.82) is 0 Å². The maximum atomic E-state index is 12.6. The van der Waals surface area contributed by atoms with Crippen LogP contribution >= 0.6 is 0 Å². The first-order chi connectivity index (χ1) is 14.5. The summed E-state index contributed by atoms with van der Waals surface area (Å²) in [6, 6.07) is 13.6. The number of rotatable bonds is 7. The summed E-state index contributed by atoms with van der Waals surface area (Å²) in [7, 11) is 0. The third-order valence-electron chi connectivity index (χ3n) is 4.41. The van der Waals surface area contributed by atoms with Crippen LogP contribution in [0.15, 0.2) is 65.9 Å². The highest BCUT2D eigenvalue weighted by atomic mass is 16.5. The Morgan fingerprint density at radius 2 is 1.70 bits per heavy atom. The van der Waals surface area contributed by atoms with Gasteiger partial charge in [0, 0.05) is 5.56 Å². The first-order valence-electron chi connectivity index (χ1n) is 9.28. The zero-order chi connectivity index (χ0) is 21.5. The Morgan fingerprint density at radius 3 is 2.33 bits per heavy atom. The summed E-state index contributed by atoms with van der Waals surface area (Å²) in [5, 5.41) is 5.24. The van der Waals surface area contributed by atoms with Gasteiger partial charge < -0.3 is 20.1 Å². The van der Waals surface area contributed by atoms with E-state index in [1.54, 1.807) is 31.2 Å². The van der Waals surface area contributed by atoms with Crippen molar-refractivity contribution in [3.63, 3.8) is 0 Å². The molecule has 30 heavy (non-hydrogen) atoms. The number of urea groups is 1. The molecule has 0 bridgehead atoms. The van der Waals surface area contributed by atoms with Crippen molar-refractivity contribution in [3.8, 4) is 0 Å². The van der Waals surface area contributed by atoms with Crippen molar-refractivity contribution in [2.45, 2.75) is 13.0 Å². The molecular weight excluding hydrogens is 388 g/mol. The van der Waals surface area contributed by atoms with Crippen LogP contribution in [0.1, 0.15) is 39.2 Å². The maximum absolute atomic E-state index is 12.6. The standard InChI is InChI=1S/C22H20N2O6/c1-2-29-21(27)18-17(13-30-20(26)16-10-8-14(12-25)9-11-16)23-22(28)24-19(18)15-6-4-3-5-7-15/h3-12,19H,2,13H2,1H3,(H2,23,24,28)/t19-/m1/s1. The molecule has 0 radical (unpaired) electrons. The topological polar surface area (TPSA) is 111 Å². The monoisotopic (exact) mass is 408 g/mol. The highest BCUT2D eigenvalue weighted by molar-refractivity contribution is 5.95. The second kappa shape index (κ2) is 9.51. The van der Waals surface area contributed by atoms with Crippen molar-refractivity contribution in [2.24, 2.45) is 0 Å². The van der Waals surface area contributed by atoms with Gasteiger partial charge in [-0.05, 0) is 24.6 Å². The molecule has 8 nitrogen and oxygen atoms in total. The average Bonchev–Trinajstić information content (AvgIpc) is 2.77. The van der Waals surface area contributed by atoms with Crippen molar-refractivity contribution in [1.82, 2.24) is 10.6 Å². The largest absolute Gasteiger partial charge is 0.463 e. The molecule has 1 aliphatic heterocycles. The van der Waals surface area contributed by atoms with Crippen LogP contribution in [-0.4, -0.2) is 37.5 Å². The number of ether oxygens (including phenoxy) is 2. The Morgan fingerprint density at radius 1 is 1.00 bits per heavy atom. The molecule has 8 heteroatoms. The van der Waals surface area contributed by atoms with Gasteiger partial charge in [-0.15, -0.1) is 0 Å². The van der Waals surface area contributed by atoms with Crippen molar-refractivity contribution < 1.29 is 28.7 Å². The number of carbonyl (C=O) groups is 4. The number of esters is 2. The van der Waals surface area contributed by atoms with Gasteiger partial charge in [0.05, 0.1) is 29.5 Å². The highest BCUT2D eigenvalue weighted by Gasteiger charge is 2.34. The van der Waals surface area contributed by atoms with Gasteiger partial charge in [0.25, 0.3) is 0 Å². The quantitative estimate of drug-likeness (QED) is 0.538. The SMILES string of the molecule is CCOC(=O)C1=C(COC(=O)c2ccc(C=O)cc2)NC(=O)N[C@@H]1c1ccccc1. The van der Waals surface area contributed by atoms with Crippen molar-refractivity contribution in [3.05, 3.63) is 82.6 Å². The molecular formula is C22H20N2O6. The minimum Gasteiger partial charge on any atom is -0.463 e. The number of aldehydes is 1. The lowest BCUT2D eigenvalue weighted by atomic mass is 9.95. The molecule has 2 aromatic carbocycles. The number of hydrogen-bond donors (Lipinski definition) is 2. The molecule has 1 heterocycles. The molecule has 0 spiro atoms. The van der Waals surface area contributed by atoms with Gasteiger partial charge in [0.15, 0.2) is 0 Å². The molecule has 0 fully saturated rings. The predicted octanol–water partition coefficient (Wildman–Crippen LogP) is 2.53. The first-order valence-corrected chi connectivity index (χ1v) is 9.28. The Balaban J connectivity index is 1.88. The van der Waals surface area contributed by atoms with E-state index in [-0.39, 0.29) is 30.0 Å². The van der Waals surface area contributed by atoms with E-state index < -0.39 is 24.0 Å². The Hall–Kier alpha value is -3.94. The summed E-state index contributed by atoms with van der Waals surface area (Å²) >= 11 is 0. The molecule has 0 aliphatic carbocycles. The van der Waals surface area contributed by atoms with Gasteiger partial charge >= 0.3 is 18.0 Å². The lowest BCUT2D eigenvalue weighted by molar-refractivity contribution is -0.139. The van der Waals surface area contributed by atoms with Crippen LogP contribution in [-0.2, 0) is 14.3 Å². The normalized spacial score (nSPS) is 15.6. The maximum Gasteiger partial charge on any atom is 0.338 e. The minimum absolute atomic E-state index is 0.143. The fourth-order valence-electron chi connectivity index (χ4n) is 3.00. The molecule has 2 amide bonds. The van der Waals surface area contributed by atoms with E-state index >= 15 is 0 Å². The summed E-state index contributed by atoms with van der Waals surface area (Å²) in [5.41, 5.74) is 1.65. The summed E-state index contributed by atoms with van der Waals surface area (Å²) in [6.07, 6.45) is 0.666. The Bertz CT molecular complexity index is 982. The molecule has 0 aromatic heterocycles. The van der Waals surface area contributed by atoms with Crippen LogP contribution in [0.2, 0.25) is 0 Å². The summed E-state index contributed by atoms with van der Waals surface area (Å²) in [5.74, 6) is -1.28. The molecule has 1 atom stereocenters. The van der Waals surface area contributed by atoms with E-state index in [0.29, 0.717) is 17.4 Å². The summed E-state index contributed by atoms with van der Waals surface area (Å²) < 4.78 is 10.5. The number of amides is 2. The van der Waals surface area contributed by atoms with Gasteiger partial charge in [-0.1, -0.05) is 42.5 Å². The van der Waals surface area contributed by atoms with Crippen LogP contribution in [0.5, 0.6) is 0 Å². The molecule has 2 aromatic rings. The third-order valence-corrected chi connectivity index (χ3v) is 4.41. The predicted molar refractivity (Wildman–Crippen MR) is 107 cm³/mol. The fourth-order valence-corrected chi connectivity index (χ4v) is 3.00. The van der Waals surface area contributed by atoms with Crippen LogP contribution in [0.3, 0.4) is 0 Å². The van der Waals surface area contributed by atoms with Crippen molar-refractivity contribution >= 4 is 24.3 Å². The number of hydrogen-bond acceptors (Lipinski definition) is 6. The van der Waals surface area contributed by atoms with Crippen LogP contribution in [0.4, 0.5) is 4.79 Å². The average molecular weight is 408 g/mol. The van der Waals surface area contributed by atoms with Crippen LogP contribution < -0.4 is 10.6 Å². The molecule has 3 rings (SSSR count). The molecule has 0 unspecified atom stereocenters. The first kappa shape index (κ1) is 20.8. The summed E-state index contributed by atoms with van der Waals surface area (Å²) in [6.45, 7) is 1.49. The van der Waals surface area contributed by atoms with Crippen molar-refractivity contribution in [2.75, 3.05) is 13.2 Å². The molecule has 0 saturated carbocycles. The minimum atomic E-state index is -0.750. The number of carbonyl (C=O) groups excluding carboxylic acids is 4. The number of benzene rings is 2. The Kier molecular flexibility index (Phi) is 6.59. The van der Waals surface area contributed by atoms with Gasteiger partial charge in [-0.3, -0.25) is 4.79 Å². The van der Waals surface area contributed by atoms with Gasteiger partial charge in [0.2, 0.25) is 0 Å². The van der Waals surface area contributed by atoms with E-state index in [0.717, 1.165) is 0 Å². The zero-order valence-electron chi connectivity index (χ0n) is 16.2. The van der Waals surface area contributed by atoms with E-state index in [4.69, 9.17) is 9.47 Å². The lowest BCUT2D eigenvalue weighted by Crippen LogP contribution is -2.47. The molecule has 154 valence electrons. The lowest BCUT2D eigenvalue weighted by Gasteiger charge is -2.29.